The molecule has 5 nitrogen and oxygen atoms in total. The number of ether oxygens (including phenoxy) is 1. The number of hydrogen-bond acceptors (Lipinski definition) is 4. The Labute approximate surface area is 196 Å². The molecular formula is C28H32N2O3. The predicted octanol–water partition coefficient (Wildman–Crippen LogP) is 5.60. The van der Waals surface area contributed by atoms with Crippen molar-refractivity contribution >= 4 is 22.7 Å². The summed E-state index contributed by atoms with van der Waals surface area (Å²) in [5.74, 6) is 0.731. The molecule has 3 rings (SSSR count). The number of phenolic OH excluding ortho intramolecular Hbond substituents is 1. The third kappa shape index (κ3) is 6.70. The second kappa shape index (κ2) is 11.3. The Balaban J connectivity index is 1.90. The number of carbonyl (C=O) groups is 1. The fourth-order valence-electron chi connectivity index (χ4n) is 3.52. The summed E-state index contributed by atoms with van der Waals surface area (Å²) in [4.78, 5) is 15.6. The zero-order valence-electron chi connectivity index (χ0n) is 19.8. The van der Waals surface area contributed by atoms with Crippen LogP contribution >= 0.6 is 0 Å². The predicted molar refractivity (Wildman–Crippen MR) is 136 cm³/mol. The van der Waals surface area contributed by atoms with Gasteiger partial charge in [-0.25, -0.2) is 0 Å². The van der Waals surface area contributed by atoms with Crippen LogP contribution in [0, 0.1) is 6.92 Å². The molecule has 0 bridgehead atoms. The number of carbonyl (C=O) groups excluding carboxylic acids is 1. The Kier molecular flexibility index (Phi) is 8.28. The first-order valence-electron chi connectivity index (χ1n) is 11.2. The Bertz CT molecular complexity index is 1080. The normalized spacial score (nSPS) is 11.8. The van der Waals surface area contributed by atoms with E-state index in [0.29, 0.717) is 24.3 Å². The highest BCUT2D eigenvalue weighted by Crippen LogP contribution is 2.31. The molecule has 2 N–H and O–H groups in total. The molecule has 3 aromatic carbocycles. The summed E-state index contributed by atoms with van der Waals surface area (Å²) in [7, 11) is 4.00. The Morgan fingerprint density at radius 3 is 2.09 bits per heavy atom. The lowest BCUT2D eigenvalue weighted by Gasteiger charge is -2.16. The maximum Gasteiger partial charge on any atom is 0.256 e. The molecule has 0 aliphatic rings. The number of amides is 1. The summed E-state index contributed by atoms with van der Waals surface area (Å²) >= 11 is 0. The summed E-state index contributed by atoms with van der Waals surface area (Å²) in [6.45, 7) is 5.52. The van der Waals surface area contributed by atoms with Gasteiger partial charge in [-0.15, -0.1) is 0 Å². The number of aromatic hydroxyl groups is 1. The second-order valence-corrected chi connectivity index (χ2v) is 8.25. The number of aryl methyl sites for hydroxylation is 1. The van der Waals surface area contributed by atoms with Crippen LogP contribution in [0.5, 0.6) is 11.5 Å². The molecule has 1 amide bonds. The van der Waals surface area contributed by atoms with Crippen molar-refractivity contribution in [2.24, 2.45) is 0 Å². The lowest BCUT2D eigenvalue weighted by Crippen LogP contribution is -2.19. The molecule has 3 aromatic rings. The molecule has 0 heterocycles. The van der Waals surface area contributed by atoms with Crippen LogP contribution in [0.4, 0.5) is 5.69 Å². The van der Waals surface area contributed by atoms with E-state index >= 15 is 0 Å². The van der Waals surface area contributed by atoms with Gasteiger partial charge in [-0.2, -0.15) is 0 Å². The summed E-state index contributed by atoms with van der Waals surface area (Å²) in [6.07, 6.45) is 0.686. The summed E-state index contributed by atoms with van der Waals surface area (Å²) in [6, 6.07) is 22.3. The molecule has 0 saturated heterocycles. The average Bonchev–Trinajstić information content (AvgIpc) is 2.80. The number of rotatable bonds is 9. The standard InChI is InChI=1S/C28H32N2O3/c1-5-26(21-8-6-20(2)7-9-21)27(22-10-14-24(31)15-11-22)28(32)29-23-12-16-25(17-13-23)33-19-18-30(3)4/h6-17,31H,5,18-19H2,1-4H3,(H,29,32)/b27-26-. The van der Waals surface area contributed by atoms with E-state index in [1.165, 1.54) is 0 Å². The highest BCUT2D eigenvalue weighted by Gasteiger charge is 2.19. The van der Waals surface area contributed by atoms with Crippen LogP contribution in [-0.2, 0) is 4.79 Å². The number of nitrogens with zero attached hydrogens (tertiary/aromatic N) is 1. The fourth-order valence-corrected chi connectivity index (χ4v) is 3.52. The minimum atomic E-state index is -0.195. The minimum Gasteiger partial charge on any atom is -0.508 e. The zero-order chi connectivity index (χ0) is 23.8. The quantitative estimate of drug-likeness (QED) is 0.333. The molecule has 0 aliphatic carbocycles. The lowest BCUT2D eigenvalue weighted by molar-refractivity contribution is -0.111. The van der Waals surface area contributed by atoms with E-state index in [-0.39, 0.29) is 11.7 Å². The van der Waals surface area contributed by atoms with Gasteiger partial charge in [-0.1, -0.05) is 48.9 Å². The molecule has 172 valence electrons. The van der Waals surface area contributed by atoms with E-state index in [9.17, 15) is 9.90 Å². The third-order valence-corrected chi connectivity index (χ3v) is 5.36. The van der Waals surface area contributed by atoms with Gasteiger partial charge >= 0.3 is 0 Å². The first kappa shape index (κ1) is 24.1. The molecule has 5 heteroatoms. The Morgan fingerprint density at radius 1 is 0.909 bits per heavy atom. The van der Waals surface area contributed by atoms with Gasteiger partial charge in [0.25, 0.3) is 5.91 Å². The third-order valence-electron chi connectivity index (χ3n) is 5.36. The Hall–Kier alpha value is -3.57. The largest absolute Gasteiger partial charge is 0.508 e. The topological polar surface area (TPSA) is 61.8 Å². The molecule has 0 fully saturated rings. The molecular weight excluding hydrogens is 412 g/mol. The van der Waals surface area contributed by atoms with Crippen molar-refractivity contribution < 1.29 is 14.6 Å². The highest BCUT2D eigenvalue weighted by molar-refractivity contribution is 6.31. The smallest absolute Gasteiger partial charge is 0.256 e. The van der Waals surface area contributed by atoms with Gasteiger partial charge in [0, 0.05) is 12.2 Å². The minimum absolute atomic E-state index is 0.164. The van der Waals surface area contributed by atoms with Crippen LogP contribution in [0.15, 0.2) is 72.8 Å². The van der Waals surface area contributed by atoms with Gasteiger partial charge in [0.2, 0.25) is 0 Å². The van der Waals surface area contributed by atoms with Crippen molar-refractivity contribution in [3.8, 4) is 11.5 Å². The number of likely N-dealkylation sites (N-methyl/N-ethyl adjacent to an activating group) is 1. The van der Waals surface area contributed by atoms with E-state index in [4.69, 9.17) is 4.74 Å². The van der Waals surface area contributed by atoms with E-state index in [1.807, 2.05) is 76.5 Å². The van der Waals surface area contributed by atoms with Crippen LogP contribution in [-0.4, -0.2) is 43.2 Å². The van der Waals surface area contributed by atoms with Crippen LogP contribution in [0.2, 0.25) is 0 Å². The van der Waals surface area contributed by atoms with E-state index in [1.54, 1.807) is 24.3 Å². The van der Waals surface area contributed by atoms with Crippen molar-refractivity contribution in [1.29, 1.82) is 0 Å². The fraction of sp³-hybridized carbons (Fsp3) is 0.250. The average molecular weight is 445 g/mol. The number of hydrogen-bond donors (Lipinski definition) is 2. The Morgan fingerprint density at radius 2 is 1.52 bits per heavy atom. The number of phenols is 1. The molecule has 0 saturated carbocycles. The van der Waals surface area contributed by atoms with Gasteiger partial charge < -0.3 is 20.1 Å². The van der Waals surface area contributed by atoms with Gasteiger partial charge in [-0.3, -0.25) is 4.79 Å². The van der Waals surface area contributed by atoms with Crippen molar-refractivity contribution in [3.63, 3.8) is 0 Å². The molecule has 0 aromatic heterocycles. The zero-order valence-corrected chi connectivity index (χ0v) is 19.8. The first-order chi connectivity index (χ1) is 15.9. The summed E-state index contributed by atoms with van der Waals surface area (Å²) < 4.78 is 5.74. The van der Waals surface area contributed by atoms with Crippen molar-refractivity contribution in [2.45, 2.75) is 20.3 Å². The molecule has 33 heavy (non-hydrogen) atoms. The van der Waals surface area contributed by atoms with Crippen molar-refractivity contribution in [1.82, 2.24) is 4.90 Å². The maximum atomic E-state index is 13.5. The molecule has 0 spiro atoms. The molecule has 0 aliphatic heterocycles. The first-order valence-corrected chi connectivity index (χ1v) is 11.2. The van der Waals surface area contributed by atoms with Gasteiger partial charge in [0.1, 0.15) is 18.1 Å². The highest BCUT2D eigenvalue weighted by atomic mass is 16.5. The number of benzene rings is 3. The van der Waals surface area contributed by atoms with Crippen molar-refractivity contribution in [3.05, 3.63) is 89.5 Å². The SMILES string of the molecule is CC/C(=C(/C(=O)Nc1ccc(OCCN(C)C)cc1)c1ccc(O)cc1)c1ccc(C)cc1. The van der Waals surface area contributed by atoms with E-state index in [2.05, 4.69) is 10.2 Å². The molecule has 0 unspecified atom stereocenters. The van der Waals surface area contributed by atoms with Gasteiger partial charge in [-0.05, 0) is 80.5 Å². The summed E-state index contributed by atoms with van der Waals surface area (Å²) in [5, 5.41) is 12.8. The van der Waals surface area contributed by atoms with E-state index < -0.39 is 0 Å². The monoisotopic (exact) mass is 444 g/mol. The van der Waals surface area contributed by atoms with Crippen LogP contribution in [0.25, 0.3) is 11.1 Å². The van der Waals surface area contributed by atoms with Gasteiger partial charge in [0.15, 0.2) is 0 Å². The number of anilines is 1. The van der Waals surface area contributed by atoms with Crippen LogP contribution in [0.3, 0.4) is 0 Å². The van der Waals surface area contributed by atoms with Crippen molar-refractivity contribution in [2.75, 3.05) is 32.6 Å². The second-order valence-electron chi connectivity index (χ2n) is 8.25. The number of nitrogens with one attached hydrogen (secondary N) is 1. The molecule has 0 radical (unpaired) electrons. The lowest BCUT2D eigenvalue weighted by atomic mass is 9.91. The number of allylic oxidation sites excluding steroid dienone is 1. The van der Waals surface area contributed by atoms with Gasteiger partial charge in [0.05, 0.1) is 5.57 Å². The van der Waals surface area contributed by atoms with Crippen LogP contribution in [0.1, 0.15) is 30.0 Å². The molecule has 0 atom stereocenters. The summed E-state index contributed by atoms with van der Waals surface area (Å²) in [5.41, 5.74) is 5.15. The maximum absolute atomic E-state index is 13.5. The van der Waals surface area contributed by atoms with Crippen LogP contribution < -0.4 is 10.1 Å². The van der Waals surface area contributed by atoms with E-state index in [0.717, 1.165) is 34.6 Å².